The lowest BCUT2D eigenvalue weighted by Crippen LogP contribution is -2.14. The van der Waals surface area contributed by atoms with E-state index in [0.29, 0.717) is 0 Å². The Morgan fingerprint density at radius 1 is 0.444 bits per heavy atom. The minimum Gasteiger partial charge on any atom is -0.203 e. The topological polar surface area (TPSA) is 43.4 Å². The molecule has 0 N–H and O–H groups in total. The molecule has 0 bridgehead atoms. The van der Waals surface area contributed by atoms with E-state index in [1.807, 2.05) is 110 Å². The number of aryl methyl sites for hydroxylation is 1. The molecule has 5 aromatic carbocycles. The Morgan fingerprint density at radius 2 is 0.833 bits per heavy atom. The van der Waals surface area contributed by atoms with Gasteiger partial charge in [-0.3, -0.25) is 0 Å². The lowest BCUT2D eigenvalue weighted by molar-refractivity contribution is 0.508. The molecule has 0 aliphatic carbocycles. The van der Waals surface area contributed by atoms with E-state index in [0.717, 1.165) is 31.4 Å². The van der Waals surface area contributed by atoms with Crippen molar-refractivity contribution in [2.45, 2.75) is 26.5 Å². The molecule has 0 spiro atoms. The van der Waals surface area contributed by atoms with Crippen LogP contribution in [0.15, 0.2) is 159 Å². The van der Waals surface area contributed by atoms with E-state index in [-0.39, 0.29) is 4.90 Å². The van der Waals surface area contributed by atoms with Crippen molar-refractivity contribution in [1.29, 1.82) is 0 Å². The molecule has 3 nitrogen and oxygen atoms in total. The van der Waals surface area contributed by atoms with Gasteiger partial charge in [-0.2, -0.15) is 8.42 Å². The molecular formula is C31H26O3S2. The summed E-state index contributed by atoms with van der Waals surface area (Å²) in [6, 6.07) is 44.2. The van der Waals surface area contributed by atoms with Crippen LogP contribution in [0, 0.1) is 6.92 Å². The molecule has 0 aromatic heterocycles. The molecular weight excluding hydrogens is 484 g/mol. The second-order valence-corrected chi connectivity index (χ2v) is 12.9. The van der Waals surface area contributed by atoms with Crippen molar-refractivity contribution in [3.05, 3.63) is 145 Å². The Balaban J connectivity index is 1.73. The minimum atomic E-state index is -4.10. The van der Waals surface area contributed by atoms with Crippen LogP contribution in [-0.4, -0.2) is 8.42 Å². The predicted octanol–water partition coefficient (Wildman–Crippen LogP) is 8.26. The monoisotopic (exact) mass is 510 g/mol. The molecule has 5 aromatic rings. The largest absolute Gasteiger partial charge is 0.307 e. The molecule has 36 heavy (non-hydrogen) atoms. The molecule has 0 heterocycles. The molecule has 0 atom stereocenters. The summed E-state index contributed by atoms with van der Waals surface area (Å²) in [7, 11) is -6.74. The SMILES string of the molecule is Cc1ccc(S(=O)(=O)OS(c2ccccc2)(c2ccccc2)c2ccc(-c3ccccc3)cc2)cc1. The highest BCUT2D eigenvalue weighted by molar-refractivity contribution is 8.33. The Bertz CT molecular complexity index is 1490. The van der Waals surface area contributed by atoms with Gasteiger partial charge in [-0.05, 0) is 76.9 Å². The molecule has 0 aliphatic heterocycles. The Labute approximate surface area is 214 Å². The second kappa shape index (κ2) is 10.2. The molecule has 180 valence electrons. The number of rotatable bonds is 7. The van der Waals surface area contributed by atoms with E-state index < -0.39 is 20.4 Å². The molecule has 0 unspecified atom stereocenters. The van der Waals surface area contributed by atoms with Crippen molar-refractivity contribution >= 4 is 20.4 Å². The summed E-state index contributed by atoms with van der Waals surface area (Å²) < 4.78 is 33.9. The van der Waals surface area contributed by atoms with Crippen molar-refractivity contribution in [3.8, 4) is 11.1 Å². The lowest BCUT2D eigenvalue weighted by atomic mass is 10.1. The Morgan fingerprint density at radius 3 is 1.33 bits per heavy atom. The van der Waals surface area contributed by atoms with Crippen molar-refractivity contribution in [1.82, 2.24) is 0 Å². The summed E-state index contributed by atoms with van der Waals surface area (Å²) in [6.45, 7) is 1.93. The van der Waals surface area contributed by atoms with Gasteiger partial charge in [-0.25, -0.2) is 3.63 Å². The van der Waals surface area contributed by atoms with E-state index >= 15 is 0 Å². The van der Waals surface area contributed by atoms with Crippen LogP contribution in [0.5, 0.6) is 0 Å². The summed E-state index contributed by atoms with van der Waals surface area (Å²) in [5, 5.41) is 0. The number of hydrogen-bond acceptors (Lipinski definition) is 3. The summed E-state index contributed by atoms with van der Waals surface area (Å²) >= 11 is 0. The molecule has 0 saturated carbocycles. The van der Waals surface area contributed by atoms with E-state index in [1.54, 1.807) is 24.3 Å². The lowest BCUT2D eigenvalue weighted by Gasteiger charge is -2.39. The van der Waals surface area contributed by atoms with Gasteiger partial charge in [0, 0.05) is 14.7 Å². The summed E-state index contributed by atoms with van der Waals surface area (Å²) in [5.74, 6) is 0. The van der Waals surface area contributed by atoms with Gasteiger partial charge >= 0.3 is 10.1 Å². The first-order valence-electron chi connectivity index (χ1n) is 11.6. The van der Waals surface area contributed by atoms with Gasteiger partial charge in [0.25, 0.3) is 0 Å². The molecule has 0 aliphatic rings. The fourth-order valence-electron chi connectivity index (χ4n) is 4.10. The van der Waals surface area contributed by atoms with Gasteiger partial charge in [-0.1, -0.05) is 96.6 Å². The average molecular weight is 511 g/mol. The maximum Gasteiger partial charge on any atom is 0.307 e. The smallest absolute Gasteiger partial charge is 0.203 e. The highest BCUT2D eigenvalue weighted by Gasteiger charge is 2.38. The number of benzene rings is 5. The first-order chi connectivity index (χ1) is 17.5. The first-order valence-corrected chi connectivity index (χ1v) is 14.6. The van der Waals surface area contributed by atoms with Crippen molar-refractivity contribution in [3.63, 3.8) is 0 Å². The summed E-state index contributed by atoms with van der Waals surface area (Å²) in [6.07, 6.45) is 0. The first kappa shape index (κ1) is 24.1. The van der Waals surface area contributed by atoms with E-state index in [4.69, 9.17) is 3.63 Å². The van der Waals surface area contributed by atoms with Crippen LogP contribution >= 0.6 is 10.3 Å². The zero-order valence-corrected chi connectivity index (χ0v) is 21.5. The molecule has 5 heteroatoms. The highest BCUT2D eigenvalue weighted by atomic mass is 32.3. The zero-order chi connectivity index (χ0) is 25.0. The third-order valence-electron chi connectivity index (χ3n) is 5.94. The predicted molar refractivity (Wildman–Crippen MR) is 147 cm³/mol. The fourth-order valence-corrected chi connectivity index (χ4v) is 9.32. The quantitative estimate of drug-likeness (QED) is 0.221. The van der Waals surface area contributed by atoms with Gasteiger partial charge in [-0.15, -0.1) is 0 Å². The van der Waals surface area contributed by atoms with E-state index in [9.17, 15) is 8.42 Å². The van der Waals surface area contributed by atoms with Gasteiger partial charge < -0.3 is 0 Å². The van der Waals surface area contributed by atoms with Crippen LogP contribution in [0.2, 0.25) is 0 Å². The Hall–Kier alpha value is -3.64. The maximum atomic E-state index is 13.8. The molecule has 0 fully saturated rings. The molecule has 5 rings (SSSR count). The third-order valence-corrected chi connectivity index (χ3v) is 11.1. The van der Waals surface area contributed by atoms with Gasteiger partial charge in [0.15, 0.2) is 0 Å². The molecule has 0 amide bonds. The minimum absolute atomic E-state index is 0.137. The standard InChI is InChI=1S/C31H26O3S2/c1-25-17-21-31(22-18-25)36(32,33)34-35(28-13-7-3-8-14-28,29-15-9-4-10-16-29)30-23-19-27(20-24-30)26-11-5-2-6-12-26/h2-24H,1H3. The van der Waals surface area contributed by atoms with Gasteiger partial charge in [0.2, 0.25) is 0 Å². The maximum absolute atomic E-state index is 13.8. The third kappa shape index (κ3) is 4.73. The Kier molecular flexibility index (Phi) is 6.79. The highest BCUT2D eigenvalue weighted by Crippen LogP contribution is 2.70. The zero-order valence-electron chi connectivity index (χ0n) is 19.8. The molecule has 0 saturated heterocycles. The summed E-state index contributed by atoms with van der Waals surface area (Å²) in [4.78, 5) is 2.55. The van der Waals surface area contributed by atoms with Gasteiger partial charge in [0.05, 0.1) is 4.90 Å². The second-order valence-electron chi connectivity index (χ2n) is 8.41. The van der Waals surface area contributed by atoms with E-state index in [2.05, 4.69) is 12.1 Å². The van der Waals surface area contributed by atoms with Crippen LogP contribution in [-0.2, 0) is 13.7 Å². The van der Waals surface area contributed by atoms with E-state index in [1.165, 1.54) is 0 Å². The van der Waals surface area contributed by atoms with Crippen molar-refractivity contribution in [2.24, 2.45) is 0 Å². The van der Waals surface area contributed by atoms with Crippen LogP contribution in [0.1, 0.15) is 5.56 Å². The van der Waals surface area contributed by atoms with Crippen LogP contribution in [0.3, 0.4) is 0 Å². The van der Waals surface area contributed by atoms with Crippen LogP contribution in [0.25, 0.3) is 11.1 Å². The summed E-state index contributed by atoms with van der Waals surface area (Å²) in [5.41, 5.74) is 3.13. The van der Waals surface area contributed by atoms with Gasteiger partial charge in [0.1, 0.15) is 0 Å². The average Bonchev–Trinajstić information content (AvgIpc) is 2.93. The fraction of sp³-hybridized carbons (Fsp3) is 0.0323. The normalized spacial score (nSPS) is 12.2. The van der Waals surface area contributed by atoms with Crippen molar-refractivity contribution < 1.29 is 12.0 Å². The van der Waals surface area contributed by atoms with Crippen LogP contribution in [0.4, 0.5) is 0 Å². The molecule has 0 radical (unpaired) electrons. The van der Waals surface area contributed by atoms with Crippen molar-refractivity contribution in [2.75, 3.05) is 0 Å². The van der Waals surface area contributed by atoms with Crippen LogP contribution < -0.4 is 0 Å². The number of hydrogen-bond donors (Lipinski definition) is 0.